The van der Waals surface area contributed by atoms with Gasteiger partial charge in [0.15, 0.2) is 0 Å². The number of ether oxygens (including phenoxy) is 1. The summed E-state index contributed by atoms with van der Waals surface area (Å²) in [4.78, 5) is 6.31. The quantitative estimate of drug-likeness (QED) is 0.425. The Morgan fingerprint density at radius 3 is 2.94 bits per heavy atom. The number of aromatic nitrogens is 1. The molecule has 1 aromatic heterocycles. The van der Waals surface area contributed by atoms with Gasteiger partial charge in [0.2, 0.25) is 0 Å². The minimum absolute atomic E-state index is 0.00728. The minimum Gasteiger partial charge on any atom is -0.385 e. The van der Waals surface area contributed by atoms with Crippen LogP contribution in [-0.4, -0.2) is 38.1 Å². The van der Waals surface area contributed by atoms with Crippen LogP contribution < -0.4 is 10.6 Å². The van der Waals surface area contributed by atoms with E-state index >= 15 is 0 Å². The van der Waals surface area contributed by atoms with Crippen LogP contribution >= 0.6 is 0 Å². The molecule has 0 aliphatic heterocycles. The van der Waals surface area contributed by atoms with Crippen molar-refractivity contribution in [2.24, 2.45) is 5.73 Å². The number of nitrogen functional groups attached to an aromatic ring is 1. The van der Waals surface area contributed by atoms with E-state index < -0.39 is 0 Å². The molecular formula is C11H18N4O. The average molecular weight is 222 g/mol. The van der Waals surface area contributed by atoms with E-state index in [1.54, 1.807) is 13.2 Å². The Morgan fingerprint density at radius 1 is 1.56 bits per heavy atom. The standard InChI is InChI=1S/C11H18N4O/c1-15(7-4-8-16-2)10-6-3-5-9(14-10)11(12)13/h3,5-6H,4,7-8H2,1-2H3,(H3,12,13). The van der Waals surface area contributed by atoms with Gasteiger partial charge in [-0.1, -0.05) is 6.07 Å². The van der Waals surface area contributed by atoms with Crippen molar-refractivity contribution in [1.29, 1.82) is 5.41 Å². The predicted molar refractivity (Wildman–Crippen MR) is 65.0 cm³/mol. The van der Waals surface area contributed by atoms with Gasteiger partial charge in [-0.3, -0.25) is 5.41 Å². The van der Waals surface area contributed by atoms with Gasteiger partial charge in [0, 0.05) is 27.3 Å². The molecule has 1 aromatic rings. The number of rotatable bonds is 6. The van der Waals surface area contributed by atoms with Crippen LogP contribution in [0.1, 0.15) is 12.1 Å². The summed E-state index contributed by atoms with van der Waals surface area (Å²) in [5, 5.41) is 7.32. The number of nitrogens with zero attached hydrogens (tertiary/aromatic N) is 2. The number of nitrogens with two attached hydrogens (primary N) is 1. The number of hydrogen-bond donors (Lipinski definition) is 2. The minimum atomic E-state index is -0.00728. The lowest BCUT2D eigenvalue weighted by Crippen LogP contribution is -2.22. The number of anilines is 1. The Labute approximate surface area is 95.7 Å². The summed E-state index contributed by atoms with van der Waals surface area (Å²) < 4.78 is 4.99. The third-order valence-electron chi connectivity index (χ3n) is 2.24. The third-order valence-corrected chi connectivity index (χ3v) is 2.24. The summed E-state index contributed by atoms with van der Waals surface area (Å²) in [5.74, 6) is 0.816. The Balaban J connectivity index is 2.64. The molecule has 88 valence electrons. The van der Waals surface area contributed by atoms with Gasteiger partial charge in [0.25, 0.3) is 0 Å². The molecule has 1 heterocycles. The van der Waals surface area contributed by atoms with Crippen molar-refractivity contribution < 1.29 is 4.74 Å². The topological polar surface area (TPSA) is 75.2 Å². The summed E-state index contributed by atoms with van der Waals surface area (Å²) >= 11 is 0. The fourth-order valence-corrected chi connectivity index (χ4v) is 1.35. The SMILES string of the molecule is COCCCN(C)c1cccc(C(=N)N)n1. The fourth-order valence-electron chi connectivity index (χ4n) is 1.35. The zero-order chi connectivity index (χ0) is 12.0. The number of hydrogen-bond acceptors (Lipinski definition) is 4. The molecule has 0 saturated heterocycles. The maximum absolute atomic E-state index is 7.32. The van der Waals surface area contributed by atoms with E-state index in [4.69, 9.17) is 15.9 Å². The highest BCUT2D eigenvalue weighted by Gasteiger charge is 2.04. The fraction of sp³-hybridized carbons (Fsp3) is 0.455. The molecule has 0 aliphatic carbocycles. The van der Waals surface area contributed by atoms with Crippen LogP contribution in [-0.2, 0) is 4.74 Å². The van der Waals surface area contributed by atoms with Gasteiger partial charge in [0.1, 0.15) is 17.3 Å². The van der Waals surface area contributed by atoms with E-state index in [9.17, 15) is 0 Å². The van der Waals surface area contributed by atoms with Gasteiger partial charge in [0.05, 0.1) is 0 Å². The second-order valence-corrected chi connectivity index (χ2v) is 3.56. The Bertz CT molecular complexity index is 354. The average Bonchev–Trinajstić information content (AvgIpc) is 2.29. The number of nitrogens with one attached hydrogen (secondary N) is 1. The van der Waals surface area contributed by atoms with E-state index in [0.717, 1.165) is 25.4 Å². The lowest BCUT2D eigenvalue weighted by molar-refractivity contribution is 0.196. The van der Waals surface area contributed by atoms with Crippen LogP contribution in [0, 0.1) is 5.41 Å². The number of methoxy groups -OCH3 is 1. The Kier molecular flexibility index (Phi) is 4.72. The first-order chi connectivity index (χ1) is 7.65. The summed E-state index contributed by atoms with van der Waals surface area (Å²) in [5.41, 5.74) is 5.90. The summed E-state index contributed by atoms with van der Waals surface area (Å²) in [6.45, 7) is 1.60. The molecule has 0 radical (unpaired) electrons. The molecule has 5 nitrogen and oxygen atoms in total. The van der Waals surface area contributed by atoms with Gasteiger partial charge in [-0.15, -0.1) is 0 Å². The maximum Gasteiger partial charge on any atom is 0.141 e. The molecule has 0 amide bonds. The highest BCUT2D eigenvalue weighted by atomic mass is 16.5. The molecule has 0 saturated carbocycles. The molecule has 0 aromatic carbocycles. The molecule has 0 fully saturated rings. The highest BCUT2D eigenvalue weighted by molar-refractivity contribution is 5.93. The maximum atomic E-state index is 7.32. The van der Waals surface area contributed by atoms with Crippen molar-refractivity contribution in [2.45, 2.75) is 6.42 Å². The monoisotopic (exact) mass is 222 g/mol. The van der Waals surface area contributed by atoms with E-state index in [1.165, 1.54) is 0 Å². The van der Waals surface area contributed by atoms with Crippen LogP contribution in [0.15, 0.2) is 18.2 Å². The van der Waals surface area contributed by atoms with Crippen molar-refractivity contribution in [1.82, 2.24) is 4.98 Å². The van der Waals surface area contributed by atoms with Crippen molar-refractivity contribution in [3.8, 4) is 0 Å². The van der Waals surface area contributed by atoms with Crippen molar-refractivity contribution in [3.63, 3.8) is 0 Å². The van der Waals surface area contributed by atoms with E-state index in [2.05, 4.69) is 4.98 Å². The molecule has 0 bridgehead atoms. The van der Waals surface area contributed by atoms with E-state index in [1.807, 2.05) is 24.1 Å². The molecule has 0 unspecified atom stereocenters. The molecule has 3 N–H and O–H groups in total. The van der Waals surface area contributed by atoms with Crippen LogP contribution in [0.2, 0.25) is 0 Å². The first-order valence-electron chi connectivity index (χ1n) is 5.16. The second kappa shape index (κ2) is 6.07. The molecular weight excluding hydrogens is 204 g/mol. The molecule has 1 rings (SSSR count). The third kappa shape index (κ3) is 3.51. The second-order valence-electron chi connectivity index (χ2n) is 3.56. The lowest BCUT2D eigenvalue weighted by Gasteiger charge is -2.18. The van der Waals surface area contributed by atoms with Gasteiger partial charge in [-0.05, 0) is 18.6 Å². The van der Waals surface area contributed by atoms with Crippen LogP contribution in [0.4, 0.5) is 5.82 Å². The highest BCUT2D eigenvalue weighted by Crippen LogP contribution is 2.09. The van der Waals surface area contributed by atoms with Crippen molar-refractivity contribution >= 4 is 11.7 Å². The molecule has 0 aliphatic rings. The van der Waals surface area contributed by atoms with E-state index in [-0.39, 0.29) is 5.84 Å². The lowest BCUT2D eigenvalue weighted by atomic mass is 10.3. The van der Waals surface area contributed by atoms with Gasteiger partial charge in [-0.2, -0.15) is 0 Å². The first kappa shape index (κ1) is 12.4. The van der Waals surface area contributed by atoms with Crippen molar-refractivity contribution in [2.75, 3.05) is 32.2 Å². The zero-order valence-corrected chi connectivity index (χ0v) is 9.73. The first-order valence-corrected chi connectivity index (χ1v) is 5.16. The molecule has 0 spiro atoms. The smallest absolute Gasteiger partial charge is 0.141 e. The van der Waals surface area contributed by atoms with Gasteiger partial charge in [-0.25, -0.2) is 4.98 Å². The van der Waals surface area contributed by atoms with Crippen LogP contribution in [0.5, 0.6) is 0 Å². The molecule has 5 heteroatoms. The Morgan fingerprint density at radius 2 is 2.31 bits per heavy atom. The predicted octanol–water partition coefficient (Wildman–Crippen LogP) is 0.838. The number of pyridine rings is 1. The number of amidine groups is 1. The largest absolute Gasteiger partial charge is 0.385 e. The normalized spacial score (nSPS) is 10.1. The van der Waals surface area contributed by atoms with Crippen LogP contribution in [0.3, 0.4) is 0 Å². The van der Waals surface area contributed by atoms with Crippen molar-refractivity contribution in [3.05, 3.63) is 23.9 Å². The summed E-state index contributed by atoms with van der Waals surface area (Å²) in [6.07, 6.45) is 0.943. The summed E-state index contributed by atoms with van der Waals surface area (Å²) in [7, 11) is 3.65. The van der Waals surface area contributed by atoms with Crippen LogP contribution in [0.25, 0.3) is 0 Å². The summed E-state index contributed by atoms with van der Waals surface area (Å²) in [6, 6.07) is 5.49. The molecule has 0 atom stereocenters. The Hall–Kier alpha value is -1.62. The van der Waals surface area contributed by atoms with Gasteiger partial charge < -0.3 is 15.4 Å². The van der Waals surface area contributed by atoms with Gasteiger partial charge >= 0.3 is 0 Å². The zero-order valence-electron chi connectivity index (χ0n) is 9.73. The molecule has 16 heavy (non-hydrogen) atoms. The van der Waals surface area contributed by atoms with E-state index in [0.29, 0.717) is 5.69 Å².